The van der Waals surface area contributed by atoms with E-state index < -0.39 is 7.60 Å². The number of aryl methyl sites for hydroxylation is 2. The lowest BCUT2D eigenvalue weighted by Gasteiger charge is -2.13. The van der Waals surface area contributed by atoms with Gasteiger partial charge in [-0.05, 0) is 97.4 Å². The smallest absolute Gasteiger partial charge is 0.325 e. The second-order valence-electron chi connectivity index (χ2n) is 9.78. The molecule has 0 saturated heterocycles. The minimum absolute atomic E-state index is 0.138. The number of rotatable bonds is 10. The Labute approximate surface area is 229 Å². The van der Waals surface area contributed by atoms with Crippen LogP contribution in [0.5, 0.6) is 0 Å². The zero-order valence-electron chi connectivity index (χ0n) is 22.2. The Bertz CT molecular complexity index is 1510. The monoisotopic (exact) mass is 545 g/mol. The van der Waals surface area contributed by atoms with E-state index in [-0.39, 0.29) is 17.9 Å². The van der Waals surface area contributed by atoms with Gasteiger partial charge in [0.2, 0.25) is 0 Å². The molecule has 4 aromatic rings. The van der Waals surface area contributed by atoms with Crippen LogP contribution in [0, 0.1) is 31.5 Å². The van der Waals surface area contributed by atoms with Crippen molar-refractivity contribution >= 4 is 7.60 Å². The molecule has 39 heavy (non-hydrogen) atoms. The lowest BCUT2D eigenvalue weighted by molar-refractivity contribution is 0.371. The van der Waals surface area contributed by atoms with Gasteiger partial charge >= 0.3 is 7.60 Å². The van der Waals surface area contributed by atoms with Gasteiger partial charge in [0.05, 0.1) is 12.4 Å². The molecule has 0 amide bonds. The van der Waals surface area contributed by atoms with Crippen LogP contribution >= 0.6 is 7.60 Å². The van der Waals surface area contributed by atoms with Crippen molar-refractivity contribution < 1.29 is 23.2 Å². The van der Waals surface area contributed by atoms with Gasteiger partial charge in [-0.25, -0.2) is 4.39 Å². The molecule has 4 rings (SSSR count). The molecule has 202 valence electrons. The second-order valence-corrected chi connectivity index (χ2v) is 11.6. The first-order chi connectivity index (χ1) is 18.7. The maximum absolute atomic E-state index is 14.1. The van der Waals surface area contributed by atoms with Crippen molar-refractivity contribution in [1.29, 1.82) is 0 Å². The normalized spacial score (nSPS) is 12.1. The van der Waals surface area contributed by atoms with Gasteiger partial charge in [-0.15, -0.1) is 0 Å². The predicted octanol–water partition coefficient (Wildman–Crippen LogP) is 6.74. The van der Waals surface area contributed by atoms with Crippen molar-refractivity contribution in [2.75, 3.05) is 12.7 Å². The maximum atomic E-state index is 14.1. The molecule has 5 nitrogen and oxygen atoms in total. The molecule has 0 aliphatic heterocycles. The second kappa shape index (κ2) is 13.1. The highest BCUT2D eigenvalue weighted by Gasteiger charge is 2.14. The van der Waals surface area contributed by atoms with Crippen LogP contribution in [0.2, 0.25) is 0 Å². The maximum Gasteiger partial charge on any atom is 0.325 e. The molecule has 0 aliphatic carbocycles. The zero-order valence-corrected chi connectivity index (χ0v) is 23.0. The molecule has 0 bridgehead atoms. The first-order valence-electron chi connectivity index (χ1n) is 12.9. The topological polar surface area (TPSA) is 82.7 Å². The molecule has 3 N–H and O–H groups in total. The van der Waals surface area contributed by atoms with Crippen LogP contribution in [0.3, 0.4) is 0 Å². The summed E-state index contributed by atoms with van der Waals surface area (Å²) in [6, 6.07) is 22.7. The molecule has 0 saturated carbocycles. The summed E-state index contributed by atoms with van der Waals surface area (Å²) < 4.78 is 30.9. The highest BCUT2D eigenvalue weighted by atomic mass is 31.2. The van der Waals surface area contributed by atoms with E-state index in [9.17, 15) is 8.96 Å². The highest BCUT2D eigenvalue weighted by Crippen LogP contribution is 2.34. The molecule has 1 heterocycles. The number of furan rings is 1. The lowest BCUT2D eigenvalue weighted by Crippen LogP contribution is -2.15. The number of benzene rings is 3. The van der Waals surface area contributed by atoms with Gasteiger partial charge in [-0.2, -0.15) is 0 Å². The van der Waals surface area contributed by atoms with E-state index in [1.165, 1.54) is 17.2 Å². The summed E-state index contributed by atoms with van der Waals surface area (Å²) in [6.45, 7) is 5.21. The summed E-state index contributed by atoms with van der Waals surface area (Å²) in [7, 11) is -3.98. The summed E-state index contributed by atoms with van der Waals surface area (Å²) in [5.41, 5.74) is 7.07. The molecule has 1 unspecified atom stereocenters. The summed E-state index contributed by atoms with van der Waals surface area (Å²) >= 11 is 0. The standard InChI is InChI=1S/C32H33FNO4P/c1-23-9-10-25(18-24(23)2)19-29(28-6-3-7-30(33)21-28)14-13-27-12-11-26(20-31(27)32-8-4-16-38-32)22-34-15-5-17-39(35,36)37/h3-4,6-12,16,18,20-21,29,34H,5,15,17,19,22H2,1-2H3,(H2,35,36,37). The summed E-state index contributed by atoms with van der Waals surface area (Å²) in [6.07, 6.45) is 2.53. The molecule has 0 radical (unpaired) electrons. The molecule has 1 atom stereocenters. The van der Waals surface area contributed by atoms with E-state index in [0.29, 0.717) is 31.7 Å². The minimum atomic E-state index is -3.98. The quantitative estimate of drug-likeness (QED) is 0.117. The zero-order chi connectivity index (χ0) is 27.8. The van der Waals surface area contributed by atoms with E-state index in [2.05, 4.69) is 49.2 Å². The molecule has 7 heteroatoms. The third-order valence-electron chi connectivity index (χ3n) is 6.65. The Kier molecular flexibility index (Phi) is 9.56. The molecular weight excluding hydrogens is 512 g/mol. The minimum Gasteiger partial charge on any atom is -0.464 e. The van der Waals surface area contributed by atoms with Crippen molar-refractivity contribution in [2.45, 2.75) is 39.2 Å². The van der Waals surface area contributed by atoms with Gasteiger partial charge in [0.25, 0.3) is 0 Å². The molecule has 0 spiro atoms. The van der Waals surface area contributed by atoms with Gasteiger partial charge in [0.1, 0.15) is 11.6 Å². The van der Waals surface area contributed by atoms with E-state index >= 15 is 0 Å². The van der Waals surface area contributed by atoms with E-state index in [0.717, 1.165) is 27.8 Å². The van der Waals surface area contributed by atoms with Crippen molar-refractivity contribution in [3.8, 4) is 23.2 Å². The first kappa shape index (κ1) is 28.5. The number of hydrogen-bond acceptors (Lipinski definition) is 3. The summed E-state index contributed by atoms with van der Waals surface area (Å²) in [5, 5.41) is 3.23. The van der Waals surface area contributed by atoms with Gasteiger partial charge in [0.15, 0.2) is 0 Å². The van der Waals surface area contributed by atoms with Crippen molar-refractivity contribution in [3.05, 3.63) is 118 Å². The van der Waals surface area contributed by atoms with E-state index in [4.69, 9.17) is 14.2 Å². The Morgan fingerprint density at radius 3 is 2.51 bits per heavy atom. The fourth-order valence-electron chi connectivity index (χ4n) is 4.40. The number of hydrogen-bond donors (Lipinski definition) is 3. The van der Waals surface area contributed by atoms with Gasteiger partial charge < -0.3 is 19.5 Å². The van der Waals surface area contributed by atoms with Crippen LogP contribution in [-0.4, -0.2) is 22.5 Å². The Hall–Kier alpha value is -3.46. The largest absolute Gasteiger partial charge is 0.464 e. The van der Waals surface area contributed by atoms with Crippen LogP contribution in [-0.2, 0) is 17.5 Å². The average Bonchev–Trinajstić information content (AvgIpc) is 3.43. The van der Waals surface area contributed by atoms with Gasteiger partial charge in [0, 0.05) is 23.6 Å². The van der Waals surface area contributed by atoms with E-state index in [1.807, 2.05) is 36.4 Å². The number of nitrogens with one attached hydrogen (secondary N) is 1. The van der Waals surface area contributed by atoms with Crippen molar-refractivity contribution in [1.82, 2.24) is 5.32 Å². The first-order valence-corrected chi connectivity index (χ1v) is 14.7. The van der Waals surface area contributed by atoms with Crippen LogP contribution in [0.1, 0.15) is 45.7 Å². The van der Waals surface area contributed by atoms with E-state index in [1.54, 1.807) is 18.4 Å². The highest BCUT2D eigenvalue weighted by molar-refractivity contribution is 7.51. The average molecular weight is 546 g/mol. The predicted molar refractivity (Wildman–Crippen MR) is 153 cm³/mol. The third-order valence-corrected chi connectivity index (χ3v) is 7.54. The Morgan fingerprint density at radius 1 is 0.974 bits per heavy atom. The van der Waals surface area contributed by atoms with Gasteiger partial charge in [-0.3, -0.25) is 4.57 Å². The number of halogens is 1. The molecule has 3 aromatic carbocycles. The van der Waals surface area contributed by atoms with Crippen molar-refractivity contribution in [2.24, 2.45) is 0 Å². The molecule has 0 aliphatic rings. The van der Waals surface area contributed by atoms with Crippen LogP contribution < -0.4 is 5.32 Å². The molecular formula is C32H33FNO4P. The SMILES string of the molecule is Cc1ccc(CC(C#Cc2ccc(CNCCCP(=O)(O)O)cc2-c2ccco2)c2cccc(F)c2)cc1C. The van der Waals surface area contributed by atoms with Crippen LogP contribution in [0.4, 0.5) is 4.39 Å². The van der Waals surface area contributed by atoms with Crippen LogP contribution in [0.25, 0.3) is 11.3 Å². The van der Waals surface area contributed by atoms with Gasteiger partial charge in [-0.1, -0.05) is 48.2 Å². The molecule has 0 fully saturated rings. The Balaban J connectivity index is 1.60. The summed E-state index contributed by atoms with van der Waals surface area (Å²) in [4.78, 5) is 18.1. The van der Waals surface area contributed by atoms with Crippen LogP contribution in [0.15, 0.2) is 83.5 Å². The summed E-state index contributed by atoms with van der Waals surface area (Å²) in [5.74, 6) is 6.96. The Morgan fingerprint density at radius 2 is 1.79 bits per heavy atom. The van der Waals surface area contributed by atoms with Crippen molar-refractivity contribution in [3.63, 3.8) is 0 Å². The fourth-order valence-corrected chi connectivity index (χ4v) is 4.97. The third kappa shape index (κ3) is 8.51. The molecule has 1 aromatic heterocycles. The fraction of sp³-hybridized carbons (Fsp3) is 0.250. The lowest BCUT2D eigenvalue weighted by atomic mass is 9.90.